The highest BCUT2D eigenvalue weighted by molar-refractivity contribution is 6.31. The summed E-state index contributed by atoms with van der Waals surface area (Å²) in [5.41, 5.74) is 2.20. The van der Waals surface area contributed by atoms with Gasteiger partial charge in [-0.15, -0.1) is 0 Å². The molecule has 6 heteroatoms. The number of esters is 1. The molecule has 2 aromatic heterocycles. The van der Waals surface area contributed by atoms with Crippen molar-refractivity contribution in [3.8, 4) is 0 Å². The molecule has 1 aromatic carbocycles. The van der Waals surface area contributed by atoms with Crippen LogP contribution in [0.1, 0.15) is 18.4 Å². The Kier molecular flexibility index (Phi) is 4.98. The molecular weight excluding hydrogens is 314 g/mol. The summed E-state index contributed by atoms with van der Waals surface area (Å²) in [4.78, 5) is 11.8. The van der Waals surface area contributed by atoms with Gasteiger partial charge in [-0.3, -0.25) is 9.89 Å². The van der Waals surface area contributed by atoms with Crippen LogP contribution in [-0.4, -0.2) is 27.3 Å². The molecule has 0 fully saturated rings. The molecule has 0 bridgehead atoms. The summed E-state index contributed by atoms with van der Waals surface area (Å²) in [7, 11) is 0. The molecule has 0 amide bonds. The number of nitrogens with zero attached hydrogens (tertiary/aromatic N) is 2. The molecular formula is C17H18ClN3O2. The van der Waals surface area contributed by atoms with E-state index in [9.17, 15) is 4.79 Å². The number of aromatic nitrogens is 3. The zero-order valence-electron chi connectivity index (χ0n) is 12.7. The van der Waals surface area contributed by atoms with Crippen molar-refractivity contribution in [2.24, 2.45) is 0 Å². The Morgan fingerprint density at radius 2 is 2.26 bits per heavy atom. The molecule has 3 rings (SSSR count). The van der Waals surface area contributed by atoms with Gasteiger partial charge >= 0.3 is 5.97 Å². The zero-order valence-corrected chi connectivity index (χ0v) is 13.4. The highest BCUT2D eigenvalue weighted by Crippen LogP contribution is 2.20. The van der Waals surface area contributed by atoms with Crippen molar-refractivity contribution in [3.63, 3.8) is 0 Å². The predicted molar refractivity (Wildman–Crippen MR) is 89.4 cm³/mol. The van der Waals surface area contributed by atoms with Gasteiger partial charge in [0.05, 0.1) is 19.2 Å². The van der Waals surface area contributed by atoms with E-state index < -0.39 is 0 Å². The molecule has 3 aromatic rings. The molecule has 0 unspecified atom stereocenters. The van der Waals surface area contributed by atoms with E-state index in [1.54, 1.807) is 6.20 Å². The molecule has 0 aliphatic heterocycles. The Hall–Kier alpha value is -2.27. The third-order valence-corrected chi connectivity index (χ3v) is 3.95. The van der Waals surface area contributed by atoms with Gasteiger partial charge in [0, 0.05) is 34.9 Å². The van der Waals surface area contributed by atoms with Crippen LogP contribution in [0.2, 0.25) is 5.02 Å². The van der Waals surface area contributed by atoms with Crippen molar-refractivity contribution < 1.29 is 9.53 Å². The van der Waals surface area contributed by atoms with Gasteiger partial charge in [-0.1, -0.05) is 11.6 Å². The van der Waals surface area contributed by atoms with Crippen LogP contribution in [0, 0.1) is 0 Å². The molecule has 0 saturated carbocycles. The number of fused-ring (bicyclic) bond motifs is 1. The average Bonchev–Trinajstić information content (AvgIpc) is 3.19. The van der Waals surface area contributed by atoms with E-state index >= 15 is 0 Å². The smallest absolute Gasteiger partial charge is 0.307 e. The minimum atomic E-state index is -0.173. The Bertz CT molecular complexity index is 780. The highest BCUT2D eigenvalue weighted by atomic mass is 35.5. The van der Waals surface area contributed by atoms with Gasteiger partial charge < -0.3 is 9.30 Å². The molecule has 0 aliphatic rings. The van der Waals surface area contributed by atoms with Crippen molar-refractivity contribution >= 4 is 28.5 Å². The minimum Gasteiger partial charge on any atom is -0.466 e. The Balaban J connectivity index is 1.43. The molecule has 1 N–H and O–H groups in total. The molecule has 0 atom stereocenters. The van der Waals surface area contributed by atoms with Gasteiger partial charge in [0.25, 0.3) is 0 Å². The fourth-order valence-corrected chi connectivity index (χ4v) is 2.71. The lowest BCUT2D eigenvalue weighted by Gasteiger charge is -2.07. The third-order valence-electron chi connectivity index (χ3n) is 3.72. The van der Waals surface area contributed by atoms with Gasteiger partial charge in [0.2, 0.25) is 0 Å². The second-order valence-electron chi connectivity index (χ2n) is 5.39. The van der Waals surface area contributed by atoms with Gasteiger partial charge in [-0.2, -0.15) is 5.10 Å². The van der Waals surface area contributed by atoms with Gasteiger partial charge in [0.15, 0.2) is 0 Å². The summed E-state index contributed by atoms with van der Waals surface area (Å²) >= 11 is 5.97. The maximum Gasteiger partial charge on any atom is 0.307 e. The summed E-state index contributed by atoms with van der Waals surface area (Å²) in [6.07, 6.45) is 7.62. The number of H-pyrrole nitrogens is 1. The zero-order chi connectivity index (χ0) is 16.1. The first-order valence-electron chi connectivity index (χ1n) is 7.60. The van der Waals surface area contributed by atoms with Gasteiger partial charge in [0.1, 0.15) is 0 Å². The Labute approximate surface area is 139 Å². The number of benzene rings is 1. The fourth-order valence-electron chi connectivity index (χ4n) is 2.53. The predicted octanol–water partition coefficient (Wildman–Crippen LogP) is 3.58. The minimum absolute atomic E-state index is 0.173. The van der Waals surface area contributed by atoms with Crippen molar-refractivity contribution in [2.75, 3.05) is 6.61 Å². The summed E-state index contributed by atoms with van der Waals surface area (Å²) in [6.45, 7) is 1.04. The molecule has 0 saturated heterocycles. The number of carbonyl (C=O) groups is 1. The first-order valence-corrected chi connectivity index (χ1v) is 7.98. The van der Waals surface area contributed by atoms with E-state index in [1.165, 1.54) is 0 Å². The van der Waals surface area contributed by atoms with Crippen LogP contribution >= 0.6 is 11.6 Å². The number of halogens is 1. The van der Waals surface area contributed by atoms with Crippen LogP contribution in [0.4, 0.5) is 0 Å². The van der Waals surface area contributed by atoms with Crippen LogP contribution in [0.15, 0.2) is 42.9 Å². The van der Waals surface area contributed by atoms with E-state index in [0.717, 1.165) is 29.3 Å². The van der Waals surface area contributed by atoms with Gasteiger partial charge in [-0.05, 0) is 42.7 Å². The van der Waals surface area contributed by atoms with Crippen molar-refractivity contribution in [1.29, 1.82) is 0 Å². The van der Waals surface area contributed by atoms with E-state index in [1.807, 2.05) is 41.2 Å². The highest BCUT2D eigenvalue weighted by Gasteiger charge is 2.06. The average molecular weight is 332 g/mol. The lowest BCUT2D eigenvalue weighted by atomic mass is 10.2. The summed E-state index contributed by atoms with van der Waals surface area (Å²) in [5, 5.41) is 8.44. The summed E-state index contributed by atoms with van der Waals surface area (Å²) in [5.74, 6) is -0.173. The lowest BCUT2D eigenvalue weighted by molar-refractivity contribution is -0.143. The maximum absolute atomic E-state index is 11.8. The number of rotatable bonds is 7. The second kappa shape index (κ2) is 7.33. The second-order valence-corrected chi connectivity index (χ2v) is 5.83. The quantitative estimate of drug-likeness (QED) is 0.531. The molecule has 0 aliphatic carbocycles. The lowest BCUT2D eigenvalue weighted by Crippen LogP contribution is -2.10. The van der Waals surface area contributed by atoms with Crippen molar-refractivity contribution in [1.82, 2.24) is 14.8 Å². The van der Waals surface area contributed by atoms with Crippen LogP contribution < -0.4 is 0 Å². The van der Waals surface area contributed by atoms with Crippen LogP contribution in [0.25, 0.3) is 10.9 Å². The molecule has 120 valence electrons. The number of carbonyl (C=O) groups excluding carboxylic acids is 1. The first kappa shape index (κ1) is 15.6. The number of aryl methyl sites for hydroxylation is 2. The number of aromatic amines is 1. The van der Waals surface area contributed by atoms with Crippen molar-refractivity contribution in [3.05, 3.63) is 53.4 Å². The number of ether oxygens (including phenoxy) is 1. The Morgan fingerprint density at radius 3 is 3.09 bits per heavy atom. The maximum atomic E-state index is 11.8. The fraction of sp³-hybridized carbons (Fsp3) is 0.294. The molecule has 5 nitrogen and oxygen atoms in total. The van der Waals surface area contributed by atoms with E-state index in [2.05, 4.69) is 10.2 Å². The van der Waals surface area contributed by atoms with Crippen LogP contribution in [-0.2, 0) is 22.5 Å². The number of hydrogen-bond acceptors (Lipinski definition) is 3. The van der Waals surface area contributed by atoms with E-state index in [0.29, 0.717) is 24.6 Å². The summed E-state index contributed by atoms with van der Waals surface area (Å²) < 4.78 is 7.31. The normalized spacial score (nSPS) is 11.0. The van der Waals surface area contributed by atoms with Crippen LogP contribution in [0.3, 0.4) is 0 Å². The van der Waals surface area contributed by atoms with Crippen LogP contribution in [0.5, 0.6) is 0 Å². The Morgan fingerprint density at radius 1 is 1.35 bits per heavy atom. The number of hydrogen-bond donors (Lipinski definition) is 1. The standard InChI is InChI=1S/C17H18ClN3O2/c18-15-3-4-16-14(10-15)5-7-21(16)8-6-17(22)23-9-1-2-13-11-19-20-12-13/h3-5,7,10-12H,1-2,6,8-9H2,(H,19,20). The SMILES string of the molecule is O=C(CCn1ccc2cc(Cl)ccc21)OCCCc1cn[nH]c1. The largest absolute Gasteiger partial charge is 0.466 e. The van der Waals surface area contributed by atoms with E-state index in [4.69, 9.17) is 16.3 Å². The molecule has 0 radical (unpaired) electrons. The molecule has 23 heavy (non-hydrogen) atoms. The van der Waals surface area contributed by atoms with E-state index in [-0.39, 0.29) is 5.97 Å². The monoisotopic (exact) mass is 331 g/mol. The number of nitrogens with one attached hydrogen (secondary N) is 1. The molecule has 0 spiro atoms. The topological polar surface area (TPSA) is 59.9 Å². The van der Waals surface area contributed by atoms with Crippen molar-refractivity contribution in [2.45, 2.75) is 25.8 Å². The third kappa shape index (κ3) is 4.13. The molecule has 2 heterocycles. The van der Waals surface area contributed by atoms with Gasteiger partial charge in [-0.25, -0.2) is 0 Å². The first-order chi connectivity index (χ1) is 11.2. The summed E-state index contributed by atoms with van der Waals surface area (Å²) in [6, 6.07) is 7.74.